The molecule has 0 aliphatic carbocycles. The SMILES string of the molecule is Fc1ccc([C@H]2C[C@H](C(F)(F)Cl)n3nccc3N2)cc1. The summed E-state index contributed by atoms with van der Waals surface area (Å²) in [6.07, 6.45) is 1.50. The van der Waals surface area contributed by atoms with Crippen LogP contribution in [0.1, 0.15) is 24.1 Å². The Kier molecular flexibility index (Phi) is 3.12. The van der Waals surface area contributed by atoms with Gasteiger partial charge in [0.25, 0.3) is 0 Å². The van der Waals surface area contributed by atoms with Crippen molar-refractivity contribution in [3.05, 3.63) is 47.9 Å². The maximum absolute atomic E-state index is 13.5. The fourth-order valence-corrected chi connectivity index (χ4v) is 2.61. The Hall–Kier alpha value is -1.69. The predicted octanol–water partition coefficient (Wildman–Crippen LogP) is 3.95. The molecule has 1 aliphatic rings. The molecule has 1 aliphatic heterocycles. The number of halogens is 4. The molecule has 1 aromatic carbocycles. The van der Waals surface area contributed by atoms with Gasteiger partial charge < -0.3 is 5.32 Å². The molecule has 0 saturated heterocycles. The van der Waals surface area contributed by atoms with Gasteiger partial charge in [0.2, 0.25) is 0 Å². The average Bonchev–Trinajstić information content (AvgIpc) is 2.85. The predicted molar refractivity (Wildman–Crippen MR) is 69.4 cm³/mol. The summed E-state index contributed by atoms with van der Waals surface area (Å²) < 4.78 is 41.2. The number of hydrogen-bond donors (Lipinski definition) is 1. The van der Waals surface area contributed by atoms with E-state index in [1.165, 1.54) is 23.0 Å². The summed E-state index contributed by atoms with van der Waals surface area (Å²) in [6, 6.07) is 5.74. The fourth-order valence-electron chi connectivity index (χ4n) is 2.42. The second-order valence-electron chi connectivity index (χ2n) is 4.70. The van der Waals surface area contributed by atoms with Gasteiger partial charge in [-0.1, -0.05) is 12.1 Å². The van der Waals surface area contributed by atoms with Crippen LogP contribution in [0, 0.1) is 5.82 Å². The standard InChI is InChI=1S/C13H11ClF3N3/c14-13(16,17)11-7-10(8-1-3-9(15)4-2-8)19-12-5-6-18-20(11)12/h1-6,10-11,19H,7H2/t10-,11-/m1/s1. The zero-order valence-electron chi connectivity index (χ0n) is 10.2. The van der Waals surface area contributed by atoms with Crippen molar-refractivity contribution in [2.24, 2.45) is 0 Å². The highest BCUT2D eigenvalue weighted by Gasteiger charge is 2.44. The van der Waals surface area contributed by atoms with Crippen LogP contribution in [0.3, 0.4) is 0 Å². The first kappa shape index (κ1) is 13.3. The van der Waals surface area contributed by atoms with Gasteiger partial charge in [-0.15, -0.1) is 0 Å². The topological polar surface area (TPSA) is 29.9 Å². The van der Waals surface area contributed by atoms with E-state index in [1.807, 2.05) is 0 Å². The summed E-state index contributed by atoms with van der Waals surface area (Å²) in [5, 5.41) is 3.58. The number of fused-ring (bicyclic) bond motifs is 1. The van der Waals surface area contributed by atoms with Gasteiger partial charge in [0.15, 0.2) is 0 Å². The van der Waals surface area contributed by atoms with Gasteiger partial charge in [-0.3, -0.25) is 0 Å². The molecule has 2 heterocycles. The third kappa shape index (κ3) is 2.35. The quantitative estimate of drug-likeness (QED) is 0.851. The maximum Gasteiger partial charge on any atom is 0.343 e. The molecule has 0 amide bonds. The Morgan fingerprint density at radius 2 is 1.95 bits per heavy atom. The van der Waals surface area contributed by atoms with Crippen LogP contribution in [0.2, 0.25) is 0 Å². The van der Waals surface area contributed by atoms with Gasteiger partial charge >= 0.3 is 5.38 Å². The molecular weight excluding hydrogens is 291 g/mol. The Balaban J connectivity index is 1.95. The lowest BCUT2D eigenvalue weighted by molar-refractivity contribution is 0.0206. The Morgan fingerprint density at radius 1 is 1.25 bits per heavy atom. The van der Waals surface area contributed by atoms with Gasteiger partial charge in [-0.2, -0.15) is 13.9 Å². The molecule has 3 rings (SSSR count). The molecule has 106 valence electrons. The van der Waals surface area contributed by atoms with Gasteiger partial charge in [-0.25, -0.2) is 9.07 Å². The van der Waals surface area contributed by atoms with Gasteiger partial charge in [0.05, 0.1) is 12.2 Å². The molecule has 1 aromatic heterocycles. The number of benzene rings is 1. The van der Waals surface area contributed by atoms with Crippen LogP contribution in [0.25, 0.3) is 0 Å². The lowest BCUT2D eigenvalue weighted by atomic mass is 9.97. The molecular formula is C13H11ClF3N3. The maximum atomic E-state index is 13.5. The zero-order chi connectivity index (χ0) is 14.3. The lowest BCUT2D eigenvalue weighted by Crippen LogP contribution is -2.35. The van der Waals surface area contributed by atoms with E-state index in [9.17, 15) is 13.2 Å². The molecule has 0 saturated carbocycles. The summed E-state index contributed by atoms with van der Waals surface area (Å²) >= 11 is 5.19. The Bertz CT molecular complexity index is 606. The number of anilines is 1. The number of nitrogens with one attached hydrogen (secondary N) is 1. The van der Waals surface area contributed by atoms with Crippen LogP contribution >= 0.6 is 11.6 Å². The number of aromatic nitrogens is 2. The minimum absolute atomic E-state index is 0.0663. The molecule has 7 heteroatoms. The zero-order valence-corrected chi connectivity index (χ0v) is 11.0. The van der Waals surface area contributed by atoms with Crippen molar-refractivity contribution in [1.29, 1.82) is 0 Å². The highest BCUT2D eigenvalue weighted by Crippen LogP contribution is 2.44. The molecule has 3 nitrogen and oxygen atoms in total. The van der Waals surface area contributed by atoms with E-state index in [-0.39, 0.29) is 18.3 Å². The minimum atomic E-state index is -3.40. The van der Waals surface area contributed by atoms with Crippen molar-refractivity contribution in [3.63, 3.8) is 0 Å². The van der Waals surface area contributed by atoms with E-state index < -0.39 is 11.4 Å². The van der Waals surface area contributed by atoms with Crippen molar-refractivity contribution in [2.45, 2.75) is 23.9 Å². The fraction of sp³-hybridized carbons (Fsp3) is 0.308. The second-order valence-corrected chi connectivity index (χ2v) is 5.21. The number of alkyl halides is 3. The van der Waals surface area contributed by atoms with Crippen molar-refractivity contribution in [2.75, 3.05) is 5.32 Å². The first-order chi connectivity index (χ1) is 9.45. The monoisotopic (exact) mass is 301 g/mol. The smallest absolute Gasteiger partial charge is 0.343 e. The first-order valence-corrected chi connectivity index (χ1v) is 6.45. The van der Waals surface area contributed by atoms with Gasteiger partial charge in [0.1, 0.15) is 17.7 Å². The highest BCUT2D eigenvalue weighted by atomic mass is 35.5. The van der Waals surface area contributed by atoms with E-state index in [0.717, 1.165) is 5.56 Å². The molecule has 20 heavy (non-hydrogen) atoms. The number of nitrogens with zero attached hydrogens (tertiary/aromatic N) is 2. The summed E-state index contributed by atoms with van der Waals surface area (Å²) in [5.41, 5.74) is 0.727. The number of rotatable bonds is 2. The number of hydrogen-bond acceptors (Lipinski definition) is 2. The summed E-state index contributed by atoms with van der Waals surface area (Å²) in [4.78, 5) is 0. The van der Waals surface area contributed by atoms with E-state index >= 15 is 0 Å². The van der Waals surface area contributed by atoms with Crippen LogP contribution in [0.4, 0.5) is 19.0 Å². The van der Waals surface area contributed by atoms with E-state index in [2.05, 4.69) is 10.4 Å². The molecule has 1 N–H and O–H groups in total. The second kappa shape index (κ2) is 4.70. The van der Waals surface area contributed by atoms with Crippen molar-refractivity contribution >= 4 is 17.4 Å². The van der Waals surface area contributed by atoms with Gasteiger partial charge in [0, 0.05) is 12.5 Å². The molecule has 2 aromatic rings. The molecule has 2 atom stereocenters. The molecule has 0 unspecified atom stereocenters. The summed E-state index contributed by atoms with van der Waals surface area (Å²) in [6.45, 7) is 0. The minimum Gasteiger partial charge on any atom is -0.363 e. The van der Waals surface area contributed by atoms with Crippen LogP contribution < -0.4 is 5.32 Å². The first-order valence-electron chi connectivity index (χ1n) is 6.07. The summed E-state index contributed by atoms with van der Waals surface area (Å²) in [7, 11) is 0. The van der Waals surface area contributed by atoms with Crippen molar-refractivity contribution in [1.82, 2.24) is 9.78 Å². The van der Waals surface area contributed by atoms with Crippen LogP contribution in [0.5, 0.6) is 0 Å². The van der Waals surface area contributed by atoms with E-state index in [0.29, 0.717) is 5.82 Å². The van der Waals surface area contributed by atoms with Crippen LogP contribution in [-0.4, -0.2) is 15.2 Å². The highest BCUT2D eigenvalue weighted by molar-refractivity contribution is 6.22. The molecule has 0 fully saturated rings. The normalized spacial score (nSPS) is 22.2. The lowest BCUT2D eigenvalue weighted by Gasteiger charge is -2.34. The third-order valence-corrected chi connectivity index (χ3v) is 3.65. The third-order valence-electron chi connectivity index (χ3n) is 3.40. The molecule has 0 radical (unpaired) electrons. The average molecular weight is 302 g/mol. The largest absolute Gasteiger partial charge is 0.363 e. The molecule has 0 bridgehead atoms. The molecule has 0 spiro atoms. The van der Waals surface area contributed by atoms with Crippen molar-refractivity contribution in [3.8, 4) is 0 Å². The summed E-state index contributed by atoms with van der Waals surface area (Å²) in [5.74, 6) is 0.102. The van der Waals surface area contributed by atoms with Gasteiger partial charge in [-0.05, 0) is 29.3 Å². The van der Waals surface area contributed by atoms with Crippen molar-refractivity contribution < 1.29 is 13.2 Å². The van der Waals surface area contributed by atoms with Crippen LogP contribution in [-0.2, 0) is 0 Å². The Morgan fingerprint density at radius 3 is 2.60 bits per heavy atom. The Labute approximate surface area is 118 Å². The van der Waals surface area contributed by atoms with E-state index in [4.69, 9.17) is 11.6 Å². The van der Waals surface area contributed by atoms with Crippen LogP contribution in [0.15, 0.2) is 36.5 Å². The van der Waals surface area contributed by atoms with E-state index in [1.54, 1.807) is 18.2 Å².